The first-order chi connectivity index (χ1) is 16.7. The smallest absolute Gasteiger partial charge is 0.312 e. The summed E-state index contributed by atoms with van der Waals surface area (Å²) >= 11 is 0. The van der Waals surface area contributed by atoms with Gasteiger partial charge in [0.05, 0.1) is 12.3 Å². The number of nitrogens with zero attached hydrogens (tertiary/aromatic N) is 2. The summed E-state index contributed by atoms with van der Waals surface area (Å²) in [5.41, 5.74) is 4.50. The molecule has 4 N–H and O–H groups in total. The van der Waals surface area contributed by atoms with Crippen molar-refractivity contribution in [2.45, 2.75) is 40.1 Å². The van der Waals surface area contributed by atoms with Crippen LogP contribution in [0.5, 0.6) is 0 Å². The molecule has 2 rings (SSSR count). The molecule has 0 spiro atoms. The molecule has 0 saturated carbocycles. The molecule has 35 heavy (non-hydrogen) atoms. The summed E-state index contributed by atoms with van der Waals surface area (Å²) in [6, 6.07) is 11.9. The van der Waals surface area contributed by atoms with Crippen molar-refractivity contribution in [3.63, 3.8) is 0 Å². The first-order valence-corrected chi connectivity index (χ1v) is 11.1. The minimum atomic E-state index is -2.61. The highest BCUT2D eigenvalue weighted by molar-refractivity contribution is 5.96. The van der Waals surface area contributed by atoms with Crippen LogP contribution in [0.1, 0.15) is 42.3 Å². The average molecular weight is 486 g/mol. The molecule has 2 aromatic carbocycles. The molecule has 2 aromatic rings. The van der Waals surface area contributed by atoms with Gasteiger partial charge in [-0.2, -0.15) is 8.78 Å². The van der Waals surface area contributed by atoms with Gasteiger partial charge < -0.3 is 26.0 Å². The zero-order chi connectivity index (χ0) is 26.0. The molecule has 0 aliphatic heterocycles. The number of halogens is 2. The Morgan fingerprint density at radius 3 is 2.34 bits per heavy atom. The third-order valence-corrected chi connectivity index (χ3v) is 5.32. The number of amides is 1. The summed E-state index contributed by atoms with van der Waals surface area (Å²) in [4.78, 5) is 18.6. The van der Waals surface area contributed by atoms with Crippen LogP contribution in [0.15, 0.2) is 65.9 Å². The van der Waals surface area contributed by atoms with Crippen LogP contribution in [-0.2, 0) is 6.61 Å². The molecular formula is C26H33F2N5O2. The summed E-state index contributed by atoms with van der Waals surface area (Å²) < 4.78 is 24.9. The molecule has 0 radical (unpaired) electrons. The van der Waals surface area contributed by atoms with E-state index in [-0.39, 0.29) is 18.7 Å². The minimum Gasteiger partial charge on any atom is -0.392 e. The molecule has 0 aliphatic rings. The number of hydrogen-bond acceptors (Lipinski definition) is 6. The fourth-order valence-electron chi connectivity index (χ4n) is 3.45. The normalized spacial score (nSPS) is 13.2. The van der Waals surface area contributed by atoms with Crippen molar-refractivity contribution in [1.82, 2.24) is 10.2 Å². The molecule has 9 heteroatoms. The van der Waals surface area contributed by atoms with Crippen molar-refractivity contribution in [3.05, 3.63) is 77.6 Å². The number of benzene rings is 2. The van der Waals surface area contributed by atoms with Crippen LogP contribution < -0.4 is 16.0 Å². The Labute approximate surface area is 205 Å². The molecule has 188 valence electrons. The van der Waals surface area contributed by atoms with Gasteiger partial charge in [0.25, 0.3) is 5.91 Å². The van der Waals surface area contributed by atoms with E-state index in [1.807, 2.05) is 45.0 Å². The number of carbonyl (C=O) groups excluding carboxylic acids is 1. The Kier molecular flexibility index (Phi) is 10.4. The van der Waals surface area contributed by atoms with Crippen molar-refractivity contribution in [3.8, 4) is 0 Å². The maximum atomic E-state index is 12.5. The average Bonchev–Trinajstić information content (AvgIpc) is 2.85. The first kappa shape index (κ1) is 27.5. The van der Waals surface area contributed by atoms with Crippen LogP contribution >= 0.6 is 0 Å². The molecule has 1 atom stereocenters. The Balaban J connectivity index is 2.29. The Morgan fingerprint density at radius 2 is 1.77 bits per heavy atom. The van der Waals surface area contributed by atoms with Gasteiger partial charge in [-0.3, -0.25) is 9.79 Å². The van der Waals surface area contributed by atoms with Gasteiger partial charge in [-0.1, -0.05) is 18.2 Å². The van der Waals surface area contributed by atoms with E-state index < -0.39 is 6.55 Å². The Morgan fingerprint density at radius 1 is 1.11 bits per heavy atom. The number of rotatable bonds is 11. The van der Waals surface area contributed by atoms with E-state index in [1.165, 1.54) is 0 Å². The predicted molar refractivity (Wildman–Crippen MR) is 139 cm³/mol. The highest BCUT2D eigenvalue weighted by Crippen LogP contribution is 2.20. The van der Waals surface area contributed by atoms with Gasteiger partial charge >= 0.3 is 6.55 Å². The molecular weight excluding hydrogens is 452 g/mol. The molecule has 1 unspecified atom stereocenters. The SMILES string of the molecule is C/C=C\N(C)C(Nc1ccc(C(=O)NC)c(CO)c1)/C(C)=N/C=C(\C)c1ccc(NC(F)F)cc1. The van der Waals surface area contributed by atoms with Crippen LogP contribution in [0.2, 0.25) is 0 Å². The topological polar surface area (TPSA) is 89.0 Å². The number of hydrogen-bond donors (Lipinski definition) is 4. The van der Waals surface area contributed by atoms with Crippen LogP contribution in [0, 0.1) is 0 Å². The molecule has 7 nitrogen and oxygen atoms in total. The third kappa shape index (κ3) is 7.92. The maximum absolute atomic E-state index is 12.5. The van der Waals surface area contributed by atoms with E-state index in [4.69, 9.17) is 0 Å². The zero-order valence-corrected chi connectivity index (χ0v) is 20.6. The number of nitrogens with one attached hydrogen (secondary N) is 3. The van der Waals surface area contributed by atoms with Gasteiger partial charge in [0.15, 0.2) is 0 Å². The molecule has 0 aromatic heterocycles. The lowest BCUT2D eigenvalue weighted by Gasteiger charge is -2.29. The Bertz CT molecular complexity index is 1080. The molecule has 0 bridgehead atoms. The van der Waals surface area contributed by atoms with Gasteiger partial charge in [0.1, 0.15) is 6.17 Å². The lowest BCUT2D eigenvalue weighted by atomic mass is 10.1. The quantitative estimate of drug-likeness (QED) is 0.207. The number of aliphatic imine (C=N–C) groups is 1. The highest BCUT2D eigenvalue weighted by Gasteiger charge is 2.17. The van der Waals surface area contributed by atoms with Gasteiger partial charge in [0, 0.05) is 37.2 Å². The fraction of sp³-hybridized carbons (Fsp3) is 0.308. The van der Waals surface area contributed by atoms with Gasteiger partial charge in [-0.15, -0.1) is 0 Å². The standard InChI is InChI=1S/C26H33F2N5O2/c1-6-13-33(5)24(31-22-11-12-23(25(35)29-4)20(14-22)16-34)18(3)30-15-17(2)19-7-9-21(10-8-19)32-26(27)28/h6-15,24,26,31-32,34H,16H2,1-5H3,(H,29,35)/b13-6-,17-15+,30-18+. The second-order valence-electron chi connectivity index (χ2n) is 7.91. The monoisotopic (exact) mass is 485 g/mol. The number of aliphatic hydroxyl groups excluding tert-OH is 1. The van der Waals surface area contributed by atoms with Crippen molar-refractivity contribution < 1.29 is 18.7 Å². The lowest BCUT2D eigenvalue weighted by molar-refractivity contribution is 0.0960. The van der Waals surface area contributed by atoms with Gasteiger partial charge in [-0.25, -0.2) is 0 Å². The lowest BCUT2D eigenvalue weighted by Crippen LogP contribution is -2.40. The van der Waals surface area contributed by atoms with Gasteiger partial charge in [0.2, 0.25) is 0 Å². The summed E-state index contributed by atoms with van der Waals surface area (Å²) in [5, 5.41) is 17.8. The van der Waals surface area contributed by atoms with Crippen molar-refractivity contribution in [2.75, 3.05) is 24.7 Å². The van der Waals surface area contributed by atoms with Gasteiger partial charge in [-0.05, 0) is 74.0 Å². The van der Waals surface area contributed by atoms with Crippen LogP contribution in [0.3, 0.4) is 0 Å². The number of alkyl halides is 2. The van der Waals surface area contributed by atoms with E-state index in [0.29, 0.717) is 16.8 Å². The molecule has 0 saturated heterocycles. The minimum absolute atomic E-state index is 0.264. The van der Waals surface area contributed by atoms with Crippen LogP contribution in [-0.4, -0.2) is 48.4 Å². The third-order valence-electron chi connectivity index (χ3n) is 5.32. The Hall–Kier alpha value is -3.72. The summed E-state index contributed by atoms with van der Waals surface area (Å²) in [6.45, 7) is 2.82. The van der Waals surface area contributed by atoms with E-state index in [0.717, 1.165) is 22.5 Å². The molecule has 0 fully saturated rings. The number of carbonyl (C=O) groups is 1. The number of anilines is 2. The number of allylic oxidation sites excluding steroid dienone is 2. The van der Waals surface area contributed by atoms with E-state index in [2.05, 4.69) is 20.9 Å². The maximum Gasteiger partial charge on any atom is 0.312 e. The second-order valence-corrected chi connectivity index (χ2v) is 7.91. The molecule has 0 heterocycles. The summed E-state index contributed by atoms with van der Waals surface area (Å²) in [7, 11) is 3.45. The number of aliphatic hydroxyl groups is 1. The second kappa shape index (κ2) is 13.2. The van der Waals surface area contributed by atoms with Crippen molar-refractivity contribution in [1.29, 1.82) is 0 Å². The van der Waals surface area contributed by atoms with E-state index >= 15 is 0 Å². The zero-order valence-electron chi connectivity index (χ0n) is 20.6. The van der Waals surface area contributed by atoms with Crippen molar-refractivity contribution >= 4 is 28.6 Å². The fourth-order valence-corrected chi connectivity index (χ4v) is 3.45. The summed E-state index contributed by atoms with van der Waals surface area (Å²) in [6.07, 6.45) is 5.24. The highest BCUT2D eigenvalue weighted by atomic mass is 19.3. The first-order valence-electron chi connectivity index (χ1n) is 11.1. The predicted octanol–water partition coefficient (Wildman–Crippen LogP) is 4.90. The summed E-state index contributed by atoms with van der Waals surface area (Å²) in [5.74, 6) is -0.264. The van der Waals surface area contributed by atoms with E-state index in [9.17, 15) is 18.7 Å². The van der Waals surface area contributed by atoms with E-state index in [1.54, 1.807) is 55.7 Å². The largest absolute Gasteiger partial charge is 0.392 e. The molecule has 1 amide bonds. The molecule has 0 aliphatic carbocycles. The van der Waals surface area contributed by atoms with Crippen LogP contribution in [0.4, 0.5) is 20.2 Å². The van der Waals surface area contributed by atoms with Crippen molar-refractivity contribution in [2.24, 2.45) is 4.99 Å². The van der Waals surface area contributed by atoms with Crippen LogP contribution in [0.25, 0.3) is 5.57 Å².